The largest absolute Gasteiger partial charge is 0.268 e. The normalized spacial score (nSPS) is 16.4. The van der Waals surface area contributed by atoms with Crippen LogP contribution in [0, 0.1) is 0 Å². The maximum atomic E-state index is 11.3. The lowest BCUT2D eigenvalue weighted by Crippen LogP contribution is -2.20. The van der Waals surface area contributed by atoms with Gasteiger partial charge in [-0.1, -0.05) is 0 Å². The number of amides is 1. The molecular formula is C8H4N2O4S. The summed E-state index contributed by atoms with van der Waals surface area (Å²) in [4.78, 5) is 24.4. The van der Waals surface area contributed by atoms with E-state index in [1.807, 2.05) is 4.72 Å². The van der Waals surface area contributed by atoms with Gasteiger partial charge in [-0.2, -0.15) is 4.99 Å². The molecule has 0 spiro atoms. The van der Waals surface area contributed by atoms with E-state index in [9.17, 15) is 18.0 Å². The standard InChI is InChI=1S/C8H4N2O4S/c11-4-9-5-1-2-7-6(3-5)8(12)10-15(7,13)14/h1-3H,(H,10,12). The predicted octanol–water partition coefficient (Wildman–Crippen LogP) is 0.0860. The van der Waals surface area contributed by atoms with Crippen LogP contribution in [0.5, 0.6) is 0 Å². The molecule has 1 aromatic rings. The Morgan fingerprint density at radius 1 is 1.33 bits per heavy atom. The highest BCUT2D eigenvalue weighted by molar-refractivity contribution is 7.90. The number of isocyanates is 1. The molecule has 0 saturated carbocycles. The lowest BCUT2D eigenvalue weighted by atomic mass is 10.2. The van der Waals surface area contributed by atoms with Crippen molar-refractivity contribution in [3.8, 4) is 0 Å². The lowest BCUT2D eigenvalue weighted by molar-refractivity contribution is 0.0985. The van der Waals surface area contributed by atoms with Crippen LogP contribution in [0.15, 0.2) is 28.1 Å². The number of fused-ring (bicyclic) bond motifs is 1. The Morgan fingerprint density at radius 2 is 2.07 bits per heavy atom. The van der Waals surface area contributed by atoms with Crippen LogP contribution < -0.4 is 4.72 Å². The van der Waals surface area contributed by atoms with E-state index in [0.29, 0.717) is 0 Å². The van der Waals surface area contributed by atoms with Crippen LogP contribution in [-0.4, -0.2) is 20.4 Å². The van der Waals surface area contributed by atoms with Crippen LogP contribution in [-0.2, 0) is 14.8 Å². The molecule has 1 aromatic carbocycles. The molecule has 0 bridgehead atoms. The molecule has 0 fully saturated rings. The van der Waals surface area contributed by atoms with Crippen LogP contribution >= 0.6 is 0 Å². The van der Waals surface area contributed by atoms with Gasteiger partial charge in [-0.05, 0) is 18.2 Å². The summed E-state index contributed by atoms with van der Waals surface area (Å²) < 4.78 is 24.4. The molecule has 0 aliphatic carbocycles. The number of carbonyl (C=O) groups is 1. The quantitative estimate of drug-likeness (QED) is 0.540. The summed E-state index contributed by atoms with van der Waals surface area (Å²) in [7, 11) is -3.73. The van der Waals surface area contributed by atoms with Gasteiger partial charge in [0.15, 0.2) is 0 Å². The molecule has 1 aliphatic rings. The molecule has 0 radical (unpaired) electrons. The van der Waals surface area contributed by atoms with Crippen LogP contribution in [0.25, 0.3) is 0 Å². The Bertz CT molecular complexity index is 599. The highest BCUT2D eigenvalue weighted by Crippen LogP contribution is 2.26. The van der Waals surface area contributed by atoms with Crippen LogP contribution in [0.2, 0.25) is 0 Å². The second-order valence-electron chi connectivity index (χ2n) is 2.82. The van der Waals surface area contributed by atoms with Crippen LogP contribution in [0.4, 0.5) is 5.69 Å². The van der Waals surface area contributed by atoms with E-state index in [1.165, 1.54) is 24.3 Å². The first-order valence-corrected chi connectivity index (χ1v) is 5.32. The van der Waals surface area contributed by atoms with Crippen molar-refractivity contribution in [2.45, 2.75) is 4.90 Å². The van der Waals surface area contributed by atoms with Crippen molar-refractivity contribution in [3.63, 3.8) is 0 Å². The molecule has 0 saturated heterocycles. The molecule has 6 nitrogen and oxygen atoms in total. The van der Waals surface area contributed by atoms with Crippen molar-refractivity contribution in [1.82, 2.24) is 4.72 Å². The van der Waals surface area contributed by atoms with Gasteiger partial charge in [0.05, 0.1) is 11.3 Å². The third-order valence-corrected chi connectivity index (χ3v) is 3.29. The molecule has 1 N–H and O–H groups in total. The van der Waals surface area contributed by atoms with E-state index >= 15 is 0 Å². The van der Waals surface area contributed by atoms with E-state index in [-0.39, 0.29) is 16.1 Å². The summed E-state index contributed by atoms with van der Waals surface area (Å²) in [5.74, 6) is -0.715. The Hall–Kier alpha value is -1.98. The van der Waals surface area contributed by atoms with E-state index in [0.717, 1.165) is 0 Å². The van der Waals surface area contributed by atoms with Gasteiger partial charge in [-0.25, -0.2) is 17.9 Å². The molecule has 15 heavy (non-hydrogen) atoms. The van der Waals surface area contributed by atoms with Gasteiger partial charge in [0, 0.05) is 0 Å². The number of hydrogen-bond acceptors (Lipinski definition) is 5. The lowest BCUT2D eigenvalue weighted by Gasteiger charge is -1.94. The Labute approximate surface area is 84.7 Å². The molecule has 1 aliphatic heterocycles. The fourth-order valence-electron chi connectivity index (χ4n) is 1.28. The third kappa shape index (κ3) is 1.43. The molecule has 1 amide bonds. The first kappa shape index (κ1) is 9.57. The van der Waals surface area contributed by atoms with Gasteiger partial charge < -0.3 is 0 Å². The Kier molecular flexibility index (Phi) is 1.92. The Balaban J connectivity index is 2.71. The van der Waals surface area contributed by atoms with Crippen LogP contribution in [0.1, 0.15) is 10.4 Å². The van der Waals surface area contributed by atoms with E-state index < -0.39 is 15.9 Å². The van der Waals surface area contributed by atoms with E-state index in [4.69, 9.17) is 0 Å². The molecular weight excluding hydrogens is 220 g/mol. The minimum Gasteiger partial charge on any atom is -0.268 e. The second-order valence-corrected chi connectivity index (χ2v) is 4.47. The number of benzene rings is 1. The fourth-order valence-corrected chi connectivity index (χ4v) is 2.44. The fraction of sp³-hybridized carbons (Fsp3) is 0. The van der Waals surface area contributed by atoms with Crippen molar-refractivity contribution < 1.29 is 18.0 Å². The number of rotatable bonds is 1. The third-order valence-electron chi connectivity index (χ3n) is 1.90. The highest BCUT2D eigenvalue weighted by Gasteiger charge is 2.32. The van der Waals surface area contributed by atoms with Crippen molar-refractivity contribution >= 4 is 27.7 Å². The van der Waals surface area contributed by atoms with Crippen LogP contribution in [0.3, 0.4) is 0 Å². The summed E-state index contributed by atoms with van der Waals surface area (Å²) in [6.45, 7) is 0. The van der Waals surface area contributed by atoms with Gasteiger partial charge in [-0.3, -0.25) is 4.79 Å². The van der Waals surface area contributed by atoms with Gasteiger partial charge in [-0.15, -0.1) is 0 Å². The van der Waals surface area contributed by atoms with Crippen molar-refractivity contribution in [3.05, 3.63) is 23.8 Å². The Morgan fingerprint density at radius 3 is 2.73 bits per heavy atom. The van der Waals surface area contributed by atoms with E-state index in [1.54, 1.807) is 0 Å². The topological polar surface area (TPSA) is 92.7 Å². The minimum absolute atomic E-state index is 0.00787. The highest BCUT2D eigenvalue weighted by atomic mass is 32.2. The van der Waals surface area contributed by atoms with Crippen molar-refractivity contribution in [2.24, 2.45) is 4.99 Å². The van der Waals surface area contributed by atoms with Gasteiger partial charge >= 0.3 is 0 Å². The van der Waals surface area contributed by atoms with E-state index in [2.05, 4.69) is 4.99 Å². The zero-order valence-electron chi connectivity index (χ0n) is 7.22. The number of aliphatic imine (C=N–C) groups is 1. The zero-order chi connectivity index (χ0) is 11.1. The maximum Gasteiger partial charge on any atom is 0.266 e. The summed E-state index contributed by atoms with van der Waals surface area (Å²) in [6, 6.07) is 3.76. The average molecular weight is 224 g/mol. The SMILES string of the molecule is O=C=Nc1ccc2c(c1)C(=O)NS2(=O)=O. The molecule has 7 heteroatoms. The van der Waals surface area contributed by atoms with Crippen molar-refractivity contribution in [2.75, 3.05) is 0 Å². The molecule has 0 unspecified atom stereocenters. The molecule has 2 rings (SSSR count). The average Bonchev–Trinajstić information content (AvgIpc) is 2.38. The first-order chi connectivity index (χ1) is 7.04. The number of sulfonamides is 1. The van der Waals surface area contributed by atoms with Gasteiger partial charge in [0.2, 0.25) is 6.08 Å². The number of carbonyl (C=O) groups excluding carboxylic acids is 2. The first-order valence-electron chi connectivity index (χ1n) is 3.84. The molecule has 76 valence electrons. The van der Waals surface area contributed by atoms with Gasteiger partial charge in [0.1, 0.15) is 4.90 Å². The second kappa shape index (κ2) is 3.01. The maximum absolute atomic E-state index is 11.3. The minimum atomic E-state index is -3.73. The monoisotopic (exact) mass is 224 g/mol. The smallest absolute Gasteiger partial charge is 0.266 e. The zero-order valence-corrected chi connectivity index (χ0v) is 8.04. The van der Waals surface area contributed by atoms with Crippen molar-refractivity contribution in [1.29, 1.82) is 0 Å². The number of nitrogens with one attached hydrogen (secondary N) is 1. The summed E-state index contributed by atoms with van der Waals surface area (Å²) in [5.41, 5.74) is 0.183. The predicted molar refractivity (Wildman–Crippen MR) is 48.9 cm³/mol. The number of nitrogens with zero attached hydrogens (tertiary/aromatic N) is 1. The summed E-state index contributed by atoms with van der Waals surface area (Å²) in [6.07, 6.45) is 1.30. The molecule has 0 atom stereocenters. The number of hydrogen-bond donors (Lipinski definition) is 1. The summed E-state index contributed by atoms with van der Waals surface area (Å²) >= 11 is 0. The molecule has 1 heterocycles. The van der Waals surface area contributed by atoms with Gasteiger partial charge in [0.25, 0.3) is 15.9 Å². The summed E-state index contributed by atoms with van der Waals surface area (Å²) in [5, 5.41) is 0. The molecule has 0 aromatic heterocycles.